The summed E-state index contributed by atoms with van der Waals surface area (Å²) in [6.07, 6.45) is 9.92. The van der Waals surface area contributed by atoms with Gasteiger partial charge in [0.05, 0.1) is 20.5 Å². The van der Waals surface area contributed by atoms with Crippen LogP contribution in [-0.4, -0.2) is 25.9 Å². The number of benzene rings is 6. The molecular formula is C45H31N2O6S4-. The van der Waals surface area contributed by atoms with Gasteiger partial charge in [-0.3, -0.25) is 0 Å². The number of anilines is 1. The molecule has 0 saturated carbocycles. The van der Waals surface area contributed by atoms with Crippen LogP contribution in [-0.2, 0) is 33.3 Å². The van der Waals surface area contributed by atoms with Gasteiger partial charge in [0.25, 0.3) is 5.01 Å². The molecule has 7 aromatic rings. The van der Waals surface area contributed by atoms with E-state index in [1.807, 2.05) is 119 Å². The SMILES string of the molecule is C#CC(=Cc1sc2ccc(-c3ccccc3)cc2[n+]1Cc1ccccc1S(=O)(=O)[O-])C=C1Sc2ccc(-c3ccccc3)cc2N1Cc1ccccc1S(=O)(=O)[O-]. The zero-order valence-electron chi connectivity index (χ0n) is 30.0. The van der Waals surface area contributed by atoms with Gasteiger partial charge in [0.15, 0.2) is 6.54 Å². The Bertz CT molecular complexity index is 3010. The summed E-state index contributed by atoms with van der Waals surface area (Å²) in [6, 6.07) is 44.3. The van der Waals surface area contributed by atoms with Crippen molar-refractivity contribution in [3.05, 3.63) is 178 Å². The van der Waals surface area contributed by atoms with E-state index < -0.39 is 20.2 Å². The third-order valence-corrected chi connectivity index (χ3v) is 13.6. The van der Waals surface area contributed by atoms with Gasteiger partial charge in [0.1, 0.15) is 24.9 Å². The minimum Gasteiger partial charge on any atom is -0.744 e. The van der Waals surface area contributed by atoms with Crippen LogP contribution < -0.4 is 9.47 Å². The van der Waals surface area contributed by atoms with Crippen molar-refractivity contribution in [2.45, 2.75) is 27.8 Å². The second-order valence-electron chi connectivity index (χ2n) is 13.2. The predicted octanol–water partition coefficient (Wildman–Crippen LogP) is 9.05. The van der Waals surface area contributed by atoms with Crippen LogP contribution in [0.15, 0.2) is 177 Å². The smallest absolute Gasteiger partial charge is 0.264 e. The highest BCUT2D eigenvalue weighted by Crippen LogP contribution is 2.49. The standard InChI is InChI=1S/C45H32N2O6S4/c1-2-31(25-44-46(29-36-17-9-11-19-42(36)56(48,49)50)38-27-34(21-23-40(38)54-44)32-13-5-3-6-14-32)26-45-47(30-37-18-10-12-20-43(37)57(51,52)53)39-28-35(22-24-41(39)55-45)33-15-7-4-8-16-33/h1,3-28H,29-30H2,(H-,48,49,50,51,52,53)/p-1. The Balaban J connectivity index is 1.27. The van der Waals surface area contributed by atoms with Crippen LogP contribution in [0.1, 0.15) is 16.1 Å². The molecule has 1 aliphatic heterocycles. The Labute approximate surface area is 339 Å². The molecule has 8 nitrogen and oxygen atoms in total. The lowest BCUT2D eigenvalue weighted by Gasteiger charge is -2.23. The lowest BCUT2D eigenvalue weighted by molar-refractivity contribution is -0.660. The number of aromatic nitrogens is 1. The lowest BCUT2D eigenvalue weighted by Crippen LogP contribution is -2.36. The van der Waals surface area contributed by atoms with E-state index in [-0.39, 0.29) is 22.9 Å². The Morgan fingerprint density at radius 2 is 1.25 bits per heavy atom. The third kappa shape index (κ3) is 8.08. The summed E-state index contributed by atoms with van der Waals surface area (Å²) < 4.78 is 77.0. The highest BCUT2D eigenvalue weighted by molar-refractivity contribution is 8.03. The van der Waals surface area contributed by atoms with Crippen molar-refractivity contribution in [2.24, 2.45) is 0 Å². The minimum atomic E-state index is -4.77. The van der Waals surface area contributed by atoms with E-state index in [1.54, 1.807) is 24.3 Å². The molecule has 0 bridgehead atoms. The van der Waals surface area contributed by atoms with Crippen molar-refractivity contribution in [1.82, 2.24) is 0 Å². The molecule has 0 amide bonds. The van der Waals surface area contributed by atoms with Crippen molar-refractivity contribution in [2.75, 3.05) is 4.90 Å². The number of fused-ring (bicyclic) bond motifs is 2. The van der Waals surface area contributed by atoms with Crippen LogP contribution in [0.4, 0.5) is 5.69 Å². The maximum Gasteiger partial charge on any atom is 0.264 e. The summed E-state index contributed by atoms with van der Waals surface area (Å²) in [5.74, 6) is 2.82. The fourth-order valence-electron chi connectivity index (χ4n) is 6.85. The normalized spacial score (nSPS) is 13.9. The number of terminal acetylenes is 1. The van der Waals surface area contributed by atoms with Crippen molar-refractivity contribution in [3.63, 3.8) is 0 Å². The zero-order chi connectivity index (χ0) is 39.7. The molecular weight excluding hydrogens is 793 g/mol. The molecule has 0 aliphatic carbocycles. The molecule has 57 heavy (non-hydrogen) atoms. The molecule has 0 spiro atoms. The first kappa shape index (κ1) is 38.1. The first-order valence-electron chi connectivity index (χ1n) is 17.6. The number of rotatable bonds is 10. The average molecular weight is 824 g/mol. The fraction of sp³-hybridized carbons (Fsp3) is 0.0444. The van der Waals surface area contributed by atoms with Crippen molar-refractivity contribution >= 4 is 65.3 Å². The van der Waals surface area contributed by atoms with E-state index in [2.05, 4.69) is 5.92 Å². The molecule has 0 atom stereocenters. The summed E-state index contributed by atoms with van der Waals surface area (Å²) >= 11 is 2.94. The predicted molar refractivity (Wildman–Crippen MR) is 224 cm³/mol. The average Bonchev–Trinajstić information content (AvgIpc) is 3.73. The van der Waals surface area contributed by atoms with Crippen LogP contribution in [0.5, 0.6) is 0 Å². The van der Waals surface area contributed by atoms with Crippen LogP contribution in [0, 0.1) is 12.3 Å². The van der Waals surface area contributed by atoms with Gasteiger partial charge in [0.2, 0.25) is 5.52 Å². The largest absolute Gasteiger partial charge is 0.744 e. The first-order chi connectivity index (χ1) is 27.5. The zero-order valence-corrected chi connectivity index (χ0v) is 33.2. The molecule has 0 N–H and O–H groups in total. The molecule has 0 unspecified atom stereocenters. The highest BCUT2D eigenvalue weighted by atomic mass is 32.2. The number of nitrogens with zero attached hydrogens (tertiary/aromatic N) is 2. The molecule has 0 fully saturated rings. The fourth-order valence-corrected chi connectivity index (χ4v) is 10.4. The van der Waals surface area contributed by atoms with E-state index in [0.29, 0.717) is 26.7 Å². The summed E-state index contributed by atoms with van der Waals surface area (Å²) in [5, 5.41) is 1.42. The number of hydrogen-bond donors (Lipinski definition) is 0. The summed E-state index contributed by atoms with van der Waals surface area (Å²) in [5.41, 5.74) is 6.73. The molecule has 6 aromatic carbocycles. The van der Waals surface area contributed by atoms with Crippen molar-refractivity contribution in [1.29, 1.82) is 0 Å². The molecule has 8 rings (SSSR count). The Morgan fingerprint density at radius 3 is 1.88 bits per heavy atom. The Kier molecular flexibility index (Phi) is 10.5. The molecule has 0 radical (unpaired) electrons. The molecule has 12 heteroatoms. The van der Waals surface area contributed by atoms with Gasteiger partial charge >= 0.3 is 0 Å². The van der Waals surface area contributed by atoms with Gasteiger partial charge in [-0.05, 0) is 64.2 Å². The first-order valence-corrected chi connectivity index (χ1v) is 22.1. The van der Waals surface area contributed by atoms with E-state index in [4.69, 9.17) is 6.42 Å². The Hall–Kier alpha value is -5.78. The maximum absolute atomic E-state index is 12.4. The van der Waals surface area contributed by atoms with Crippen molar-refractivity contribution < 1.29 is 30.5 Å². The van der Waals surface area contributed by atoms with Gasteiger partial charge in [0, 0.05) is 34.7 Å². The lowest BCUT2D eigenvalue weighted by atomic mass is 10.0. The van der Waals surface area contributed by atoms with E-state index >= 15 is 0 Å². The summed E-state index contributed by atoms with van der Waals surface area (Å²) in [6.45, 7) is 0.149. The molecule has 282 valence electrons. The number of thioether (sulfide) groups is 1. The molecule has 1 aromatic heterocycles. The van der Waals surface area contributed by atoms with Gasteiger partial charge in [-0.1, -0.05) is 138 Å². The van der Waals surface area contributed by atoms with Crippen LogP contribution in [0.2, 0.25) is 0 Å². The van der Waals surface area contributed by atoms with Gasteiger partial charge in [-0.25, -0.2) is 16.8 Å². The monoisotopic (exact) mass is 823 g/mol. The second-order valence-corrected chi connectivity index (χ2v) is 18.0. The van der Waals surface area contributed by atoms with Crippen molar-refractivity contribution in [3.8, 4) is 34.6 Å². The van der Waals surface area contributed by atoms with Crippen LogP contribution in [0.3, 0.4) is 0 Å². The Morgan fingerprint density at radius 1 is 0.684 bits per heavy atom. The second kappa shape index (κ2) is 15.6. The van der Waals surface area contributed by atoms with Gasteiger partial charge < -0.3 is 14.0 Å². The number of hydrogen-bond acceptors (Lipinski definition) is 9. The topological polar surface area (TPSA) is 122 Å². The minimum absolute atomic E-state index is 0.0746. The summed E-state index contributed by atoms with van der Waals surface area (Å²) in [7, 11) is -9.54. The van der Waals surface area contributed by atoms with Gasteiger partial charge in [-0.15, -0.1) is 6.42 Å². The number of allylic oxidation sites excluding steroid dienone is 2. The van der Waals surface area contributed by atoms with E-state index in [0.717, 1.165) is 43.1 Å². The molecule has 0 saturated heterocycles. The van der Waals surface area contributed by atoms with Gasteiger partial charge in [-0.2, -0.15) is 4.57 Å². The third-order valence-electron chi connectivity index (χ3n) is 9.54. The number of thiazole rings is 1. The van der Waals surface area contributed by atoms with Crippen LogP contribution >= 0.6 is 23.1 Å². The van der Waals surface area contributed by atoms with E-state index in [9.17, 15) is 25.9 Å². The quantitative estimate of drug-likeness (QED) is 0.0762. The summed E-state index contributed by atoms with van der Waals surface area (Å²) in [4.78, 5) is 2.29. The molecule has 1 aliphatic rings. The molecule has 2 heterocycles. The highest BCUT2D eigenvalue weighted by Gasteiger charge is 2.28. The van der Waals surface area contributed by atoms with Crippen LogP contribution in [0.25, 0.3) is 38.5 Å². The van der Waals surface area contributed by atoms with E-state index in [1.165, 1.54) is 47.4 Å². The maximum atomic E-state index is 12.4.